The second-order valence-electron chi connectivity index (χ2n) is 5.91. The maximum Gasteiger partial charge on any atom is 0.252 e. The summed E-state index contributed by atoms with van der Waals surface area (Å²) in [5.41, 5.74) is 0.191. The van der Waals surface area contributed by atoms with Crippen LogP contribution >= 0.6 is 0 Å². The van der Waals surface area contributed by atoms with Gasteiger partial charge in [-0.25, -0.2) is 4.98 Å². The first kappa shape index (κ1) is 13.7. The number of hydrogen-bond acceptors (Lipinski definition) is 3. The summed E-state index contributed by atoms with van der Waals surface area (Å²) in [6.45, 7) is 11.4. The highest BCUT2D eigenvalue weighted by Crippen LogP contribution is 2.18. The molecular formula is C13H23N3O. The SMILES string of the molecule is CC(C)c1nc(NCCC(C)(C)C)cc(=O)[nH]1. The largest absolute Gasteiger partial charge is 0.370 e. The zero-order chi connectivity index (χ0) is 13.1. The quantitative estimate of drug-likeness (QED) is 0.846. The van der Waals surface area contributed by atoms with Crippen molar-refractivity contribution in [3.63, 3.8) is 0 Å². The van der Waals surface area contributed by atoms with Crippen molar-refractivity contribution < 1.29 is 0 Å². The molecule has 0 aromatic carbocycles. The summed E-state index contributed by atoms with van der Waals surface area (Å²) in [6.07, 6.45) is 1.04. The molecule has 0 unspecified atom stereocenters. The molecule has 4 heteroatoms. The summed E-state index contributed by atoms with van der Waals surface area (Å²) in [5.74, 6) is 1.63. The topological polar surface area (TPSA) is 57.8 Å². The van der Waals surface area contributed by atoms with Gasteiger partial charge in [-0.15, -0.1) is 0 Å². The van der Waals surface area contributed by atoms with E-state index in [1.54, 1.807) is 0 Å². The van der Waals surface area contributed by atoms with Crippen LogP contribution in [0.3, 0.4) is 0 Å². The zero-order valence-corrected chi connectivity index (χ0v) is 11.4. The predicted octanol–water partition coefficient (Wildman–Crippen LogP) is 2.74. The van der Waals surface area contributed by atoms with Crippen LogP contribution in [0.15, 0.2) is 10.9 Å². The van der Waals surface area contributed by atoms with Gasteiger partial charge in [0.15, 0.2) is 0 Å². The van der Waals surface area contributed by atoms with Crippen LogP contribution < -0.4 is 10.9 Å². The molecule has 0 aliphatic carbocycles. The van der Waals surface area contributed by atoms with E-state index in [4.69, 9.17) is 0 Å². The molecule has 1 rings (SSSR count). The Morgan fingerprint density at radius 2 is 2.06 bits per heavy atom. The fourth-order valence-corrected chi connectivity index (χ4v) is 1.41. The Labute approximate surface area is 103 Å². The van der Waals surface area contributed by atoms with E-state index < -0.39 is 0 Å². The zero-order valence-electron chi connectivity index (χ0n) is 11.4. The summed E-state index contributed by atoms with van der Waals surface area (Å²) in [6, 6.07) is 1.51. The van der Waals surface area contributed by atoms with Gasteiger partial charge in [0, 0.05) is 18.5 Å². The molecule has 1 aromatic rings. The Morgan fingerprint density at radius 1 is 1.41 bits per heavy atom. The van der Waals surface area contributed by atoms with Crippen LogP contribution in [-0.4, -0.2) is 16.5 Å². The van der Waals surface area contributed by atoms with E-state index in [1.165, 1.54) is 6.07 Å². The van der Waals surface area contributed by atoms with Gasteiger partial charge in [0.25, 0.3) is 5.56 Å². The monoisotopic (exact) mass is 237 g/mol. The molecule has 1 aromatic heterocycles. The smallest absolute Gasteiger partial charge is 0.252 e. The number of rotatable bonds is 4. The number of anilines is 1. The lowest BCUT2D eigenvalue weighted by Gasteiger charge is -2.18. The maximum atomic E-state index is 11.4. The van der Waals surface area contributed by atoms with E-state index in [1.807, 2.05) is 13.8 Å². The summed E-state index contributed by atoms with van der Waals surface area (Å²) in [5, 5.41) is 3.21. The van der Waals surface area contributed by atoms with E-state index in [2.05, 4.69) is 36.1 Å². The number of H-pyrrole nitrogens is 1. The molecule has 0 saturated carbocycles. The highest BCUT2D eigenvalue weighted by atomic mass is 16.1. The van der Waals surface area contributed by atoms with E-state index in [-0.39, 0.29) is 16.9 Å². The first-order valence-electron chi connectivity index (χ1n) is 6.13. The van der Waals surface area contributed by atoms with Gasteiger partial charge in [-0.05, 0) is 11.8 Å². The minimum Gasteiger partial charge on any atom is -0.370 e. The molecule has 0 saturated heterocycles. The third kappa shape index (κ3) is 5.02. The Hall–Kier alpha value is -1.32. The molecule has 4 nitrogen and oxygen atoms in total. The van der Waals surface area contributed by atoms with Gasteiger partial charge in [0.1, 0.15) is 11.6 Å². The fourth-order valence-electron chi connectivity index (χ4n) is 1.41. The Bertz CT molecular complexity index is 415. The van der Waals surface area contributed by atoms with Crippen LogP contribution in [0.4, 0.5) is 5.82 Å². The van der Waals surface area contributed by atoms with Crippen LogP contribution in [0.5, 0.6) is 0 Å². The highest BCUT2D eigenvalue weighted by Gasteiger charge is 2.10. The highest BCUT2D eigenvalue weighted by molar-refractivity contribution is 5.33. The third-order valence-electron chi connectivity index (χ3n) is 2.49. The van der Waals surface area contributed by atoms with Gasteiger partial charge in [-0.1, -0.05) is 34.6 Å². The molecular weight excluding hydrogens is 214 g/mol. The van der Waals surface area contributed by atoms with E-state index in [0.717, 1.165) is 18.8 Å². The lowest BCUT2D eigenvalue weighted by Crippen LogP contribution is -2.17. The lowest BCUT2D eigenvalue weighted by molar-refractivity contribution is 0.389. The van der Waals surface area contributed by atoms with Gasteiger partial charge in [0.05, 0.1) is 0 Å². The van der Waals surface area contributed by atoms with Crippen molar-refractivity contribution >= 4 is 5.82 Å². The maximum absolute atomic E-state index is 11.4. The normalized spacial score (nSPS) is 11.9. The van der Waals surface area contributed by atoms with Crippen molar-refractivity contribution in [1.29, 1.82) is 0 Å². The van der Waals surface area contributed by atoms with Crippen LogP contribution in [-0.2, 0) is 0 Å². The van der Waals surface area contributed by atoms with E-state index >= 15 is 0 Å². The summed E-state index contributed by atoms with van der Waals surface area (Å²) >= 11 is 0. The predicted molar refractivity (Wildman–Crippen MR) is 71.5 cm³/mol. The molecule has 96 valence electrons. The molecule has 0 aliphatic rings. The number of aromatic nitrogens is 2. The van der Waals surface area contributed by atoms with Crippen molar-refractivity contribution in [2.24, 2.45) is 5.41 Å². The summed E-state index contributed by atoms with van der Waals surface area (Å²) < 4.78 is 0. The molecule has 17 heavy (non-hydrogen) atoms. The first-order chi connectivity index (χ1) is 7.78. The Morgan fingerprint density at radius 3 is 2.59 bits per heavy atom. The molecule has 2 N–H and O–H groups in total. The molecule has 0 atom stereocenters. The first-order valence-corrected chi connectivity index (χ1v) is 6.13. The number of aromatic amines is 1. The fraction of sp³-hybridized carbons (Fsp3) is 0.692. The van der Waals surface area contributed by atoms with E-state index in [9.17, 15) is 4.79 Å². The second-order valence-corrected chi connectivity index (χ2v) is 5.91. The van der Waals surface area contributed by atoms with Crippen LogP contribution in [0.1, 0.15) is 52.8 Å². The van der Waals surface area contributed by atoms with Crippen molar-refractivity contribution in [2.75, 3.05) is 11.9 Å². The van der Waals surface area contributed by atoms with Crippen molar-refractivity contribution in [1.82, 2.24) is 9.97 Å². The Kier molecular flexibility index (Phi) is 4.32. The van der Waals surface area contributed by atoms with E-state index in [0.29, 0.717) is 5.82 Å². The van der Waals surface area contributed by atoms with Crippen LogP contribution in [0, 0.1) is 5.41 Å². The average Bonchev–Trinajstić information content (AvgIpc) is 2.14. The minimum atomic E-state index is -0.0954. The molecule has 0 aliphatic heterocycles. The van der Waals surface area contributed by atoms with Crippen molar-refractivity contribution in [3.05, 3.63) is 22.2 Å². The number of hydrogen-bond donors (Lipinski definition) is 2. The Balaban J connectivity index is 2.68. The van der Waals surface area contributed by atoms with Gasteiger partial charge in [0.2, 0.25) is 0 Å². The number of nitrogens with one attached hydrogen (secondary N) is 2. The van der Waals surface area contributed by atoms with Gasteiger partial charge < -0.3 is 10.3 Å². The molecule has 0 radical (unpaired) electrons. The van der Waals surface area contributed by atoms with Crippen LogP contribution in [0.2, 0.25) is 0 Å². The molecule has 0 fully saturated rings. The summed E-state index contributed by atoms with van der Waals surface area (Å²) in [4.78, 5) is 18.6. The second kappa shape index (κ2) is 5.34. The molecule has 0 amide bonds. The molecule has 1 heterocycles. The van der Waals surface area contributed by atoms with Crippen LogP contribution in [0.25, 0.3) is 0 Å². The lowest BCUT2D eigenvalue weighted by atomic mass is 9.92. The van der Waals surface area contributed by atoms with Crippen molar-refractivity contribution in [2.45, 2.75) is 47.0 Å². The van der Waals surface area contributed by atoms with Gasteiger partial charge in [-0.2, -0.15) is 0 Å². The number of nitrogens with zero attached hydrogens (tertiary/aromatic N) is 1. The average molecular weight is 237 g/mol. The minimum absolute atomic E-state index is 0.0954. The van der Waals surface area contributed by atoms with Crippen molar-refractivity contribution in [3.8, 4) is 0 Å². The standard InChI is InChI=1S/C13H23N3O/c1-9(2)12-15-10(8-11(17)16-12)14-7-6-13(3,4)5/h8-9H,6-7H2,1-5H3,(H2,14,15,16,17). The third-order valence-corrected chi connectivity index (χ3v) is 2.49. The molecule has 0 spiro atoms. The summed E-state index contributed by atoms with van der Waals surface area (Å²) in [7, 11) is 0. The van der Waals surface area contributed by atoms with Gasteiger partial charge >= 0.3 is 0 Å². The molecule has 0 bridgehead atoms. The van der Waals surface area contributed by atoms with Gasteiger partial charge in [-0.3, -0.25) is 4.79 Å².